The second-order valence-electron chi connectivity index (χ2n) is 2.87. The fourth-order valence-electron chi connectivity index (χ4n) is 0.710. The lowest BCUT2D eigenvalue weighted by atomic mass is 10.3. The van der Waals surface area contributed by atoms with Crippen molar-refractivity contribution in [2.45, 2.75) is 6.04 Å². The summed E-state index contributed by atoms with van der Waals surface area (Å²) >= 11 is 0. The van der Waals surface area contributed by atoms with E-state index < -0.39 is 18.1 Å². The van der Waals surface area contributed by atoms with Gasteiger partial charge in [-0.3, -0.25) is 4.79 Å². The second-order valence-corrected chi connectivity index (χ2v) is 2.87. The summed E-state index contributed by atoms with van der Waals surface area (Å²) in [5.74, 6) is -1.13. The normalized spacial score (nSPS) is 11.9. The van der Waals surface area contributed by atoms with Crippen molar-refractivity contribution in [2.75, 3.05) is 32.9 Å². The van der Waals surface area contributed by atoms with E-state index in [2.05, 4.69) is 10.1 Å². The van der Waals surface area contributed by atoms with Gasteiger partial charge in [0.05, 0.1) is 13.2 Å². The van der Waals surface area contributed by atoms with Crippen LogP contribution < -0.4 is 16.8 Å². The number of nitrogens with two attached hydrogens (primary N) is 2. The number of ether oxygens (including phenoxy) is 2. The quantitative estimate of drug-likeness (QED) is 0.360. The highest BCUT2D eigenvalue weighted by Gasteiger charge is 2.10. The molecule has 1 amide bonds. The van der Waals surface area contributed by atoms with E-state index in [-0.39, 0.29) is 32.9 Å². The number of nitrogens with one attached hydrogen (secondary N) is 1. The molecular formula is C8H17N3O5. The Hall–Kier alpha value is -1.38. The summed E-state index contributed by atoms with van der Waals surface area (Å²) in [4.78, 5) is 21.1. The molecule has 0 aromatic carbocycles. The highest BCUT2D eigenvalue weighted by molar-refractivity contribution is 5.73. The van der Waals surface area contributed by atoms with Gasteiger partial charge in [-0.2, -0.15) is 0 Å². The predicted octanol–water partition coefficient (Wildman–Crippen LogP) is -1.90. The highest BCUT2D eigenvalue weighted by Crippen LogP contribution is 1.82. The van der Waals surface area contributed by atoms with Crippen LogP contribution in [0.25, 0.3) is 0 Å². The summed E-state index contributed by atoms with van der Waals surface area (Å²) in [6.45, 7) is 0.692. The van der Waals surface area contributed by atoms with Crippen molar-refractivity contribution in [2.24, 2.45) is 11.5 Å². The molecule has 16 heavy (non-hydrogen) atoms. The molecule has 0 bridgehead atoms. The molecule has 0 spiro atoms. The fourth-order valence-corrected chi connectivity index (χ4v) is 0.710. The second kappa shape index (κ2) is 8.89. The van der Waals surface area contributed by atoms with Crippen molar-refractivity contribution in [3.8, 4) is 0 Å². The molecule has 0 aromatic heterocycles. The van der Waals surface area contributed by atoms with E-state index in [9.17, 15) is 9.59 Å². The fraction of sp³-hybridized carbons (Fsp3) is 0.750. The number of carboxylic acid groups (broad SMARTS) is 1. The van der Waals surface area contributed by atoms with Crippen molar-refractivity contribution >= 4 is 12.1 Å². The predicted molar refractivity (Wildman–Crippen MR) is 54.8 cm³/mol. The van der Waals surface area contributed by atoms with Crippen molar-refractivity contribution < 1.29 is 24.2 Å². The lowest BCUT2D eigenvalue weighted by molar-refractivity contribution is -0.140. The zero-order valence-electron chi connectivity index (χ0n) is 8.85. The molecule has 1 atom stereocenters. The summed E-state index contributed by atoms with van der Waals surface area (Å²) in [6.07, 6.45) is -0.586. The van der Waals surface area contributed by atoms with Crippen LogP contribution >= 0.6 is 0 Å². The molecule has 0 saturated heterocycles. The van der Waals surface area contributed by atoms with E-state index in [4.69, 9.17) is 21.3 Å². The summed E-state index contributed by atoms with van der Waals surface area (Å²) in [7, 11) is 0. The Kier molecular flexibility index (Phi) is 8.12. The third kappa shape index (κ3) is 7.97. The van der Waals surface area contributed by atoms with Crippen molar-refractivity contribution in [1.29, 1.82) is 0 Å². The molecule has 6 N–H and O–H groups in total. The minimum absolute atomic E-state index is 0.102. The number of alkyl carbamates (subject to hydrolysis) is 1. The van der Waals surface area contributed by atoms with Crippen LogP contribution in [-0.4, -0.2) is 56.1 Å². The van der Waals surface area contributed by atoms with E-state index in [0.717, 1.165) is 0 Å². The molecular weight excluding hydrogens is 218 g/mol. The van der Waals surface area contributed by atoms with Crippen LogP contribution in [0.5, 0.6) is 0 Å². The Bertz CT molecular complexity index is 224. The highest BCUT2D eigenvalue weighted by atomic mass is 16.5. The zero-order chi connectivity index (χ0) is 12.4. The van der Waals surface area contributed by atoms with Gasteiger partial charge < -0.3 is 31.4 Å². The molecule has 8 nitrogen and oxygen atoms in total. The molecule has 0 aliphatic rings. The van der Waals surface area contributed by atoms with Crippen LogP contribution in [0.3, 0.4) is 0 Å². The summed E-state index contributed by atoms with van der Waals surface area (Å²) in [5, 5.41) is 10.8. The number of carboxylic acids is 1. The van der Waals surface area contributed by atoms with E-state index in [1.165, 1.54) is 0 Å². The van der Waals surface area contributed by atoms with Gasteiger partial charge in [0.1, 0.15) is 12.6 Å². The van der Waals surface area contributed by atoms with Gasteiger partial charge in [-0.05, 0) is 0 Å². The van der Waals surface area contributed by atoms with Gasteiger partial charge in [-0.15, -0.1) is 0 Å². The maximum absolute atomic E-state index is 10.8. The smallest absolute Gasteiger partial charge is 0.407 e. The standard InChI is InChI=1S/C8H17N3O5/c9-1-3-16-8(14)11-2-4-15-5-6(10)7(12)13/h6H,1-5,9-10H2,(H,11,14)(H,12,13)/t6-/m0/s1. The minimum Gasteiger partial charge on any atom is -0.480 e. The Morgan fingerprint density at radius 3 is 2.62 bits per heavy atom. The number of carbonyl (C=O) groups is 2. The molecule has 0 heterocycles. The summed E-state index contributed by atoms with van der Waals surface area (Å²) in [6, 6.07) is -1.05. The van der Waals surface area contributed by atoms with Gasteiger partial charge in [0.2, 0.25) is 0 Å². The molecule has 0 aliphatic carbocycles. The van der Waals surface area contributed by atoms with Gasteiger partial charge in [0, 0.05) is 13.1 Å². The van der Waals surface area contributed by atoms with Crippen molar-refractivity contribution in [1.82, 2.24) is 5.32 Å². The molecule has 0 rings (SSSR count). The first kappa shape index (κ1) is 14.6. The number of hydrogen-bond donors (Lipinski definition) is 4. The maximum atomic E-state index is 10.8. The van der Waals surface area contributed by atoms with Crippen LogP contribution in [0, 0.1) is 0 Å². The van der Waals surface area contributed by atoms with Crippen LogP contribution in [-0.2, 0) is 14.3 Å². The van der Waals surface area contributed by atoms with Crippen LogP contribution in [0.1, 0.15) is 0 Å². The Labute approximate surface area is 92.9 Å². The molecule has 0 radical (unpaired) electrons. The maximum Gasteiger partial charge on any atom is 0.407 e. The van der Waals surface area contributed by atoms with Gasteiger partial charge in [0.15, 0.2) is 0 Å². The van der Waals surface area contributed by atoms with E-state index >= 15 is 0 Å². The topological polar surface area (TPSA) is 137 Å². The number of hydrogen-bond acceptors (Lipinski definition) is 6. The minimum atomic E-state index is -1.13. The molecule has 8 heteroatoms. The Balaban J connectivity index is 3.33. The Morgan fingerprint density at radius 1 is 1.38 bits per heavy atom. The number of carbonyl (C=O) groups excluding carboxylic acids is 1. The first-order chi connectivity index (χ1) is 7.57. The van der Waals surface area contributed by atoms with E-state index in [1.54, 1.807) is 0 Å². The average Bonchev–Trinajstić information content (AvgIpc) is 2.25. The van der Waals surface area contributed by atoms with Crippen molar-refractivity contribution in [3.63, 3.8) is 0 Å². The lowest BCUT2D eigenvalue weighted by Gasteiger charge is -2.08. The van der Waals surface area contributed by atoms with E-state index in [0.29, 0.717) is 0 Å². The van der Waals surface area contributed by atoms with Gasteiger partial charge in [-0.1, -0.05) is 0 Å². The average molecular weight is 235 g/mol. The van der Waals surface area contributed by atoms with Crippen molar-refractivity contribution in [3.05, 3.63) is 0 Å². The number of aliphatic carboxylic acids is 1. The lowest BCUT2D eigenvalue weighted by Crippen LogP contribution is -2.36. The van der Waals surface area contributed by atoms with Gasteiger partial charge in [-0.25, -0.2) is 4.79 Å². The van der Waals surface area contributed by atoms with Gasteiger partial charge in [0.25, 0.3) is 0 Å². The van der Waals surface area contributed by atoms with Gasteiger partial charge >= 0.3 is 12.1 Å². The first-order valence-electron chi connectivity index (χ1n) is 4.74. The molecule has 94 valence electrons. The zero-order valence-corrected chi connectivity index (χ0v) is 8.85. The third-order valence-corrected chi connectivity index (χ3v) is 1.48. The number of rotatable bonds is 8. The molecule has 0 aromatic rings. The monoisotopic (exact) mass is 235 g/mol. The molecule has 0 unspecified atom stereocenters. The largest absolute Gasteiger partial charge is 0.480 e. The molecule has 0 aliphatic heterocycles. The SMILES string of the molecule is NCCOC(=O)NCCOC[C@H](N)C(=O)O. The van der Waals surface area contributed by atoms with Crippen LogP contribution in [0.2, 0.25) is 0 Å². The Morgan fingerprint density at radius 2 is 2.06 bits per heavy atom. The number of amides is 1. The first-order valence-corrected chi connectivity index (χ1v) is 4.74. The summed E-state index contributed by atoms with van der Waals surface area (Å²) < 4.78 is 9.52. The third-order valence-electron chi connectivity index (χ3n) is 1.48. The summed E-state index contributed by atoms with van der Waals surface area (Å²) in [5.41, 5.74) is 10.3. The van der Waals surface area contributed by atoms with Crippen LogP contribution in [0.15, 0.2) is 0 Å². The molecule has 0 saturated carbocycles. The molecule has 0 fully saturated rings. The van der Waals surface area contributed by atoms with Crippen LogP contribution in [0.4, 0.5) is 4.79 Å². The van der Waals surface area contributed by atoms with E-state index in [1.807, 2.05) is 0 Å².